The lowest BCUT2D eigenvalue weighted by Gasteiger charge is -2.48. The first kappa shape index (κ1) is 22.2. The molecule has 4 rings (SSSR count). The van der Waals surface area contributed by atoms with E-state index in [4.69, 9.17) is 5.26 Å². The SMILES string of the molecule is CCNc1cc(F)cc2c1CCC(=O)C2(C)N1CC[C@H](F)[C@@H](Nc2ccc(C#N)nc2)C1. The van der Waals surface area contributed by atoms with Gasteiger partial charge in [-0.1, -0.05) is 0 Å². The van der Waals surface area contributed by atoms with Gasteiger partial charge >= 0.3 is 0 Å². The minimum atomic E-state index is -1.10. The molecule has 1 aromatic carbocycles. The number of halogens is 2. The Balaban J connectivity index is 1.65. The molecule has 2 aliphatic rings. The summed E-state index contributed by atoms with van der Waals surface area (Å²) in [6.07, 6.45) is 1.58. The lowest BCUT2D eigenvalue weighted by Crippen LogP contribution is -2.59. The van der Waals surface area contributed by atoms with E-state index in [2.05, 4.69) is 15.6 Å². The summed E-state index contributed by atoms with van der Waals surface area (Å²) in [5.41, 5.74) is 2.22. The number of hydrogen-bond acceptors (Lipinski definition) is 6. The fourth-order valence-corrected chi connectivity index (χ4v) is 4.89. The van der Waals surface area contributed by atoms with Crippen LogP contribution in [0, 0.1) is 17.1 Å². The summed E-state index contributed by atoms with van der Waals surface area (Å²) < 4.78 is 29.4. The number of nitrogens with zero attached hydrogens (tertiary/aromatic N) is 3. The van der Waals surface area contributed by atoms with Gasteiger partial charge in [-0.3, -0.25) is 9.69 Å². The number of nitriles is 1. The Labute approximate surface area is 186 Å². The zero-order valence-corrected chi connectivity index (χ0v) is 18.3. The predicted molar refractivity (Wildman–Crippen MR) is 119 cm³/mol. The van der Waals surface area contributed by atoms with Gasteiger partial charge in [-0.05, 0) is 62.1 Å². The summed E-state index contributed by atoms with van der Waals surface area (Å²) in [5.74, 6) is -0.367. The molecular weight excluding hydrogens is 412 g/mol. The van der Waals surface area contributed by atoms with Crippen molar-refractivity contribution < 1.29 is 13.6 Å². The van der Waals surface area contributed by atoms with Gasteiger partial charge in [-0.2, -0.15) is 5.26 Å². The van der Waals surface area contributed by atoms with Crippen molar-refractivity contribution in [2.75, 3.05) is 30.3 Å². The van der Waals surface area contributed by atoms with Gasteiger partial charge in [0.15, 0.2) is 5.78 Å². The van der Waals surface area contributed by atoms with E-state index in [1.54, 1.807) is 12.1 Å². The number of rotatable bonds is 5. The number of aromatic nitrogens is 1. The summed E-state index contributed by atoms with van der Waals surface area (Å²) >= 11 is 0. The maximum atomic E-state index is 14.8. The van der Waals surface area contributed by atoms with E-state index in [0.29, 0.717) is 37.2 Å². The highest BCUT2D eigenvalue weighted by Gasteiger charge is 2.48. The molecule has 0 radical (unpaired) electrons. The Kier molecular flexibility index (Phi) is 6.11. The molecular formula is C24H27F2N5O. The second-order valence-electron chi connectivity index (χ2n) is 8.55. The lowest BCUT2D eigenvalue weighted by atomic mass is 9.74. The third-order valence-electron chi connectivity index (χ3n) is 6.64. The Morgan fingerprint density at radius 1 is 1.34 bits per heavy atom. The first-order valence-electron chi connectivity index (χ1n) is 11.0. The van der Waals surface area contributed by atoms with Crippen LogP contribution in [0.25, 0.3) is 0 Å². The fraction of sp³-hybridized carbons (Fsp3) is 0.458. The molecule has 2 aromatic rings. The lowest BCUT2D eigenvalue weighted by molar-refractivity contribution is -0.133. The van der Waals surface area contributed by atoms with Crippen LogP contribution in [-0.2, 0) is 16.8 Å². The van der Waals surface area contributed by atoms with Crippen LogP contribution in [0.2, 0.25) is 0 Å². The first-order valence-corrected chi connectivity index (χ1v) is 11.0. The van der Waals surface area contributed by atoms with Crippen molar-refractivity contribution in [3.63, 3.8) is 0 Å². The fourth-order valence-electron chi connectivity index (χ4n) is 4.89. The van der Waals surface area contributed by atoms with Gasteiger partial charge in [0, 0.05) is 31.7 Å². The molecule has 0 saturated carbocycles. The van der Waals surface area contributed by atoms with Crippen LogP contribution in [0.1, 0.15) is 43.5 Å². The summed E-state index contributed by atoms with van der Waals surface area (Å²) in [4.78, 5) is 19.2. The molecule has 1 aliphatic heterocycles. The van der Waals surface area contributed by atoms with Crippen LogP contribution < -0.4 is 10.6 Å². The van der Waals surface area contributed by atoms with E-state index < -0.39 is 17.8 Å². The smallest absolute Gasteiger partial charge is 0.157 e. The van der Waals surface area contributed by atoms with E-state index in [9.17, 15) is 13.6 Å². The molecule has 1 fully saturated rings. The van der Waals surface area contributed by atoms with E-state index in [1.165, 1.54) is 18.3 Å². The standard InChI is InChI=1S/C24H27F2N5O/c1-3-28-21-11-15(25)10-19-18(21)6-7-23(32)24(19,2)31-9-8-20(26)22(14-31)30-17-5-4-16(12-27)29-13-17/h4-5,10-11,13,20,22,28,30H,3,6-9,14H2,1-2H3/t20-,22-,24?/m0/s1. The third-order valence-corrected chi connectivity index (χ3v) is 6.64. The van der Waals surface area contributed by atoms with Crippen LogP contribution in [0.15, 0.2) is 30.5 Å². The van der Waals surface area contributed by atoms with E-state index in [0.717, 1.165) is 11.3 Å². The van der Waals surface area contributed by atoms with Gasteiger partial charge in [-0.15, -0.1) is 0 Å². The minimum absolute atomic E-state index is 0.0224. The van der Waals surface area contributed by atoms with Crippen LogP contribution in [-0.4, -0.2) is 47.5 Å². The number of carbonyl (C=O) groups is 1. The maximum absolute atomic E-state index is 14.8. The Bertz CT molecular complexity index is 1050. The average molecular weight is 440 g/mol. The van der Waals surface area contributed by atoms with Crippen LogP contribution in [0.5, 0.6) is 0 Å². The summed E-state index contributed by atoms with van der Waals surface area (Å²) in [7, 11) is 0. The molecule has 0 amide bonds. The summed E-state index contributed by atoms with van der Waals surface area (Å²) in [6, 6.07) is 7.61. The van der Waals surface area contributed by atoms with E-state index in [-0.39, 0.29) is 30.3 Å². The number of piperidine rings is 1. The zero-order valence-electron chi connectivity index (χ0n) is 18.3. The molecule has 0 bridgehead atoms. The Morgan fingerprint density at radius 3 is 2.84 bits per heavy atom. The number of ketones is 1. The highest BCUT2D eigenvalue weighted by molar-refractivity contribution is 5.92. The molecule has 168 valence electrons. The van der Waals surface area contributed by atoms with Crippen LogP contribution in [0.4, 0.5) is 20.2 Å². The number of pyridine rings is 1. The van der Waals surface area contributed by atoms with Crippen molar-refractivity contribution in [1.82, 2.24) is 9.88 Å². The summed E-state index contributed by atoms with van der Waals surface area (Å²) in [6.45, 7) is 5.13. The molecule has 8 heteroatoms. The number of carbonyl (C=O) groups excluding carboxylic acids is 1. The number of alkyl halides is 1. The number of benzene rings is 1. The van der Waals surface area contributed by atoms with Crippen molar-refractivity contribution in [1.29, 1.82) is 5.26 Å². The number of hydrogen-bond donors (Lipinski definition) is 2. The molecule has 1 aromatic heterocycles. The van der Waals surface area contributed by atoms with E-state index >= 15 is 0 Å². The van der Waals surface area contributed by atoms with E-state index in [1.807, 2.05) is 24.8 Å². The van der Waals surface area contributed by atoms with Crippen molar-refractivity contribution >= 4 is 17.2 Å². The quantitative estimate of drug-likeness (QED) is 0.738. The number of fused-ring (bicyclic) bond motifs is 1. The largest absolute Gasteiger partial charge is 0.385 e. The second-order valence-corrected chi connectivity index (χ2v) is 8.55. The van der Waals surface area contributed by atoms with Crippen molar-refractivity contribution in [3.8, 4) is 6.07 Å². The number of nitrogens with one attached hydrogen (secondary N) is 2. The van der Waals surface area contributed by atoms with Crippen molar-refractivity contribution in [2.24, 2.45) is 0 Å². The van der Waals surface area contributed by atoms with Gasteiger partial charge in [-0.25, -0.2) is 13.8 Å². The monoisotopic (exact) mass is 439 g/mol. The minimum Gasteiger partial charge on any atom is -0.385 e. The van der Waals surface area contributed by atoms with Crippen LogP contribution >= 0.6 is 0 Å². The van der Waals surface area contributed by atoms with Gasteiger partial charge in [0.2, 0.25) is 0 Å². The van der Waals surface area contributed by atoms with Gasteiger partial charge in [0.1, 0.15) is 29.3 Å². The molecule has 2 heterocycles. The molecule has 1 aliphatic carbocycles. The maximum Gasteiger partial charge on any atom is 0.157 e. The van der Waals surface area contributed by atoms with Gasteiger partial charge in [0.05, 0.1) is 17.9 Å². The van der Waals surface area contributed by atoms with Crippen molar-refractivity contribution in [2.45, 2.75) is 50.9 Å². The number of anilines is 2. The second kappa shape index (κ2) is 8.83. The molecule has 2 N–H and O–H groups in total. The highest BCUT2D eigenvalue weighted by Crippen LogP contribution is 2.42. The molecule has 1 unspecified atom stereocenters. The molecule has 32 heavy (non-hydrogen) atoms. The normalized spacial score (nSPS) is 25.7. The van der Waals surface area contributed by atoms with Gasteiger partial charge in [0.25, 0.3) is 0 Å². The third kappa shape index (κ3) is 3.93. The Morgan fingerprint density at radius 2 is 2.16 bits per heavy atom. The molecule has 6 nitrogen and oxygen atoms in total. The Hall–Kier alpha value is -3.05. The van der Waals surface area contributed by atoms with Gasteiger partial charge < -0.3 is 10.6 Å². The zero-order chi connectivity index (χ0) is 22.9. The molecule has 0 spiro atoms. The molecule has 1 saturated heterocycles. The first-order chi connectivity index (χ1) is 15.4. The number of Topliss-reactive ketones (excluding diaryl/α,β-unsaturated/α-hetero) is 1. The number of likely N-dealkylation sites (tertiary alicyclic amines) is 1. The summed E-state index contributed by atoms with van der Waals surface area (Å²) in [5, 5.41) is 15.3. The topological polar surface area (TPSA) is 81.0 Å². The van der Waals surface area contributed by atoms with Crippen LogP contribution in [0.3, 0.4) is 0 Å². The highest BCUT2D eigenvalue weighted by atomic mass is 19.1. The molecule has 3 atom stereocenters. The predicted octanol–water partition coefficient (Wildman–Crippen LogP) is 3.78. The van der Waals surface area contributed by atoms with Crippen molar-refractivity contribution in [3.05, 3.63) is 53.1 Å². The average Bonchev–Trinajstić information content (AvgIpc) is 2.79.